The Morgan fingerprint density at radius 1 is 0.786 bits per heavy atom. The molecule has 0 bridgehead atoms. The molecule has 5 aromatic rings. The molecule has 3 heteroatoms. The third kappa shape index (κ3) is 2.47. The Labute approximate surface area is 161 Å². The van der Waals surface area contributed by atoms with Gasteiger partial charge in [0.2, 0.25) is 0 Å². The van der Waals surface area contributed by atoms with Crippen LogP contribution in [-0.4, -0.2) is 4.92 Å². The maximum atomic E-state index is 11.8. The Morgan fingerprint density at radius 3 is 2.18 bits per heavy atom. The second kappa shape index (κ2) is 6.07. The van der Waals surface area contributed by atoms with Gasteiger partial charge in [-0.25, -0.2) is 0 Å². The Balaban J connectivity index is 1.87. The third-order valence-electron chi connectivity index (χ3n) is 5.21. The third-order valence-corrected chi connectivity index (χ3v) is 5.21. The molecule has 132 valence electrons. The van der Waals surface area contributed by atoms with Crippen LogP contribution in [0.25, 0.3) is 32.3 Å². The fourth-order valence-corrected chi connectivity index (χ4v) is 3.84. The van der Waals surface area contributed by atoms with Crippen LogP contribution < -0.4 is 0 Å². The van der Waals surface area contributed by atoms with E-state index in [4.69, 9.17) is 0 Å². The van der Waals surface area contributed by atoms with Crippen LogP contribution >= 0.6 is 0 Å². The lowest BCUT2D eigenvalue weighted by Gasteiger charge is -2.12. The quantitative estimate of drug-likeness (QED) is 0.154. The lowest BCUT2D eigenvalue weighted by molar-refractivity contribution is -0.384. The van der Waals surface area contributed by atoms with Crippen molar-refractivity contribution in [2.75, 3.05) is 0 Å². The van der Waals surface area contributed by atoms with Crippen molar-refractivity contribution in [2.45, 2.75) is 6.92 Å². The van der Waals surface area contributed by atoms with E-state index in [-0.39, 0.29) is 10.6 Å². The van der Waals surface area contributed by atoms with E-state index < -0.39 is 0 Å². The maximum Gasteiger partial charge on any atom is 0.286 e. The van der Waals surface area contributed by atoms with Crippen molar-refractivity contribution in [3.8, 4) is 11.8 Å². The van der Waals surface area contributed by atoms with E-state index in [1.165, 1.54) is 0 Å². The molecule has 0 aliphatic heterocycles. The number of hydrogen-bond donors (Lipinski definition) is 0. The van der Waals surface area contributed by atoms with Gasteiger partial charge in [0.15, 0.2) is 0 Å². The van der Waals surface area contributed by atoms with E-state index in [0.29, 0.717) is 5.56 Å². The van der Waals surface area contributed by atoms with Gasteiger partial charge in [0, 0.05) is 17.0 Å². The highest BCUT2D eigenvalue weighted by Gasteiger charge is 2.19. The number of hydrogen-bond acceptors (Lipinski definition) is 2. The van der Waals surface area contributed by atoms with Crippen LogP contribution in [0.1, 0.15) is 16.7 Å². The number of nitrogens with zero attached hydrogens (tertiary/aromatic N) is 1. The highest BCUT2D eigenvalue weighted by molar-refractivity contribution is 6.24. The standard InChI is InChI=1S/C25H15NO2/c1-16-5-7-17(8-6-16)9-13-21-22-14-12-19-4-2-3-18-10-11-20(25(22)24(18)19)15-23(21)26(27)28/h2-8,10-12,14-15H,1H3. The maximum absolute atomic E-state index is 11.8. The second-order valence-corrected chi connectivity index (χ2v) is 7.00. The van der Waals surface area contributed by atoms with Crippen LogP contribution in [0.3, 0.4) is 0 Å². The highest BCUT2D eigenvalue weighted by atomic mass is 16.6. The van der Waals surface area contributed by atoms with Crippen LogP contribution in [0.2, 0.25) is 0 Å². The number of nitro groups is 1. The minimum atomic E-state index is -0.340. The van der Waals surface area contributed by atoms with Crippen molar-refractivity contribution in [2.24, 2.45) is 0 Å². The lowest BCUT2D eigenvalue weighted by atomic mass is 9.91. The second-order valence-electron chi connectivity index (χ2n) is 7.00. The smallest absolute Gasteiger partial charge is 0.258 e. The van der Waals surface area contributed by atoms with Crippen molar-refractivity contribution in [1.82, 2.24) is 0 Å². The Hall–Kier alpha value is -3.90. The summed E-state index contributed by atoms with van der Waals surface area (Å²) in [6.45, 7) is 2.02. The average Bonchev–Trinajstić information content (AvgIpc) is 2.71. The molecule has 0 atom stereocenters. The first-order valence-corrected chi connectivity index (χ1v) is 9.05. The molecule has 0 aromatic heterocycles. The van der Waals surface area contributed by atoms with Crippen molar-refractivity contribution in [3.63, 3.8) is 0 Å². The topological polar surface area (TPSA) is 43.1 Å². The first-order valence-electron chi connectivity index (χ1n) is 9.05. The molecule has 0 saturated carbocycles. The molecule has 0 amide bonds. The molecule has 0 N–H and O–H groups in total. The van der Waals surface area contributed by atoms with Gasteiger partial charge in [0.05, 0.1) is 4.92 Å². The lowest BCUT2D eigenvalue weighted by Crippen LogP contribution is -1.95. The van der Waals surface area contributed by atoms with E-state index in [9.17, 15) is 10.1 Å². The Bertz CT molecular complexity index is 1420. The number of nitro benzene ring substituents is 1. The zero-order valence-electron chi connectivity index (χ0n) is 15.2. The van der Waals surface area contributed by atoms with Gasteiger partial charge < -0.3 is 0 Å². The van der Waals surface area contributed by atoms with Crippen LogP contribution in [0.4, 0.5) is 5.69 Å². The largest absolute Gasteiger partial charge is 0.286 e. The zero-order chi connectivity index (χ0) is 19.3. The first kappa shape index (κ1) is 16.3. The summed E-state index contributed by atoms with van der Waals surface area (Å²) < 4.78 is 0. The van der Waals surface area contributed by atoms with Crippen LogP contribution in [0, 0.1) is 28.9 Å². The molecule has 28 heavy (non-hydrogen) atoms. The highest BCUT2D eigenvalue weighted by Crippen LogP contribution is 2.39. The van der Waals surface area contributed by atoms with E-state index in [2.05, 4.69) is 24.0 Å². The summed E-state index contributed by atoms with van der Waals surface area (Å²) >= 11 is 0. The minimum absolute atomic E-state index is 0.0468. The Kier molecular flexibility index (Phi) is 3.53. The summed E-state index contributed by atoms with van der Waals surface area (Å²) in [5, 5.41) is 17.9. The molecule has 0 spiro atoms. The Morgan fingerprint density at radius 2 is 1.46 bits per heavy atom. The predicted molar refractivity (Wildman–Crippen MR) is 114 cm³/mol. The molecule has 5 aromatic carbocycles. The molecule has 0 heterocycles. The molecule has 0 unspecified atom stereocenters. The van der Waals surface area contributed by atoms with Crippen LogP contribution in [0.15, 0.2) is 72.8 Å². The summed E-state index contributed by atoms with van der Waals surface area (Å²) in [5.74, 6) is 6.20. The molecule has 5 rings (SSSR count). The summed E-state index contributed by atoms with van der Waals surface area (Å²) in [6.07, 6.45) is 0. The average molecular weight is 361 g/mol. The van der Waals surface area contributed by atoms with Gasteiger partial charge in [-0.2, -0.15) is 0 Å². The SMILES string of the molecule is Cc1ccc(C#Cc2c([N+](=O)[O-])cc3ccc4cccc5ccc2c3c45)cc1. The van der Waals surface area contributed by atoms with Gasteiger partial charge in [-0.15, -0.1) is 0 Å². The predicted octanol–water partition coefficient (Wildman–Crippen LogP) is 6.20. The van der Waals surface area contributed by atoms with Crippen LogP contribution in [0.5, 0.6) is 0 Å². The fraction of sp³-hybridized carbons (Fsp3) is 0.0400. The van der Waals surface area contributed by atoms with Crippen molar-refractivity contribution in [1.29, 1.82) is 0 Å². The molecular weight excluding hydrogens is 346 g/mol. The summed E-state index contributed by atoms with van der Waals surface area (Å²) in [6, 6.07) is 23.6. The van der Waals surface area contributed by atoms with Crippen molar-refractivity contribution < 1.29 is 4.92 Å². The molecular formula is C25H15NO2. The first-order chi connectivity index (χ1) is 13.6. The van der Waals surface area contributed by atoms with Gasteiger partial charge in [0.25, 0.3) is 5.69 Å². The van der Waals surface area contributed by atoms with Gasteiger partial charge >= 0.3 is 0 Å². The zero-order valence-corrected chi connectivity index (χ0v) is 15.2. The van der Waals surface area contributed by atoms with E-state index in [0.717, 1.165) is 43.4 Å². The molecule has 0 aliphatic carbocycles. The molecule has 0 fully saturated rings. The molecule has 0 saturated heterocycles. The van der Waals surface area contributed by atoms with Crippen LogP contribution in [-0.2, 0) is 0 Å². The normalized spacial score (nSPS) is 11.0. The van der Waals surface area contributed by atoms with E-state index >= 15 is 0 Å². The molecule has 3 nitrogen and oxygen atoms in total. The summed E-state index contributed by atoms with van der Waals surface area (Å²) in [5.41, 5.74) is 2.51. The van der Waals surface area contributed by atoms with Gasteiger partial charge in [-0.05, 0) is 46.0 Å². The van der Waals surface area contributed by atoms with Gasteiger partial charge in [-0.1, -0.05) is 72.0 Å². The molecule has 0 radical (unpaired) electrons. The van der Waals surface area contributed by atoms with Gasteiger partial charge in [-0.3, -0.25) is 10.1 Å². The molecule has 0 aliphatic rings. The monoisotopic (exact) mass is 361 g/mol. The number of rotatable bonds is 1. The van der Waals surface area contributed by atoms with E-state index in [1.54, 1.807) is 6.07 Å². The summed E-state index contributed by atoms with van der Waals surface area (Å²) in [7, 11) is 0. The van der Waals surface area contributed by atoms with E-state index in [1.807, 2.05) is 61.5 Å². The minimum Gasteiger partial charge on any atom is -0.258 e. The fourth-order valence-electron chi connectivity index (χ4n) is 3.84. The number of aryl methyl sites for hydroxylation is 1. The van der Waals surface area contributed by atoms with Crippen molar-refractivity contribution in [3.05, 3.63) is 99.6 Å². The number of benzene rings is 5. The van der Waals surface area contributed by atoms with Crippen molar-refractivity contribution >= 4 is 38.0 Å². The summed E-state index contributed by atoms with van der Waals surface area (Å²) in [4.78, 5) is 11.4. The van der Waals surface area contributed by atoms with Gasteiger partial charge in [0.1, 0.15) is 5.56 Å².